The van der Waals surface area contributed by atoms with Crippen LogP contribution in [0.5, 0.6) is 5.75 Å². The number of anilines is 2. The molecule has 1 aromatic carbocycles. The molecule has 3 saturated heterocycles. The second-order valence-electron chi connectivity index (χ2n) is 7.67. The fraction of sp³-hybridized carbons (Fsp3) is 0.450. The van der Waals surface area contributed by atoms with E-state index in [2.05, 4.69) is 31.1 Å². The Bertz CT molecular complexity index is 954. The molecule has 5 rings (SSSR count). The van der Waals surface area contributed by atoms with Crippen LogP contribution in [0.15, 0.2) is 30.6 Å². The SMILES string of the molecule is COc1cccc(F)c1N1NC2C(CC1=O)NNC2c1cnc(N2CCOCC2)nc1. The lowest BCUT2D eigenvalue weighted by atomic mass is 9.95. The number of amides is 1. The molecule has 10 nitrogen and oxygen atoms in total. The number of aromatic nitrogens is 2. The number of ether oxygens (including phenoxy) is 2. The first kappa shape index (κ1) is 20.1. The molecule has 3 unspecified atom stereocenters. The standard InChI is InChI=1S/C20H24FN7O3/c1-30-15-4-2-3-13(21)19(15)28-16(29)9-14-18(26-28)17(25-24-14)12-10-22-20(23-11-12)27-5-7-31-8-6-27/h2-4,10-11,14,17-18,24-26H,5-9H2,1H3. The zero-order chi connectivity index (χ0) is 21.4. The molecule has 1 amide bonds. The number of hydrogen-bond donors (Lipinski definition) is 3. The van der Waals surface area contributed by atoms with E-state index in [1.165, 1.54) is 18.2 Å². The Morgan fingerprint density at radius 3 is 2.71 bits per heavy atom. The van der Waals surface area contributed by atoms with Crippen LogP contribution in [0.2, 0.25) is 0 Å². The van der Waals surface area contributed by atoms with Gasteiger partial charge in [0.2, 0.25) is 11.9 Å². The molecule has 31 heavy (non-hydrogen) atoms. The minimum Gasteiger partial charge on any atom is -0.494 e. The second kappa shape index (κ2) is 8.35. The highest BCUT2D eigenvalue weighted by molar-refractivity contribution is 5.95. The highest BCUT2D eigenvalue weighted by Crippen LogP contribution is 2.35. The van der Waals surface area contributed by atoms with Gasteiger partial charge in [-0.25, -0.2) is 30.2 Å². The van der Waals surface area contributed by atoms with E-state index >= 15 is 0 Å². The Balaban J connectivity index is 1.38. The van der Waals surface area contributed by atoms with Crippen molar-refractivity contribution < 1.29 is 18.7 Å². The van der Waals surface area contributed by atoms with E-state index < -0.39 is 5.82 Å². The minimum atomic E-state index is -0.535. The maximum atomic E-state index is 14.6. The smallest absolute Gasteiger partial charge is 0.243 e. The van der Waals surface area contributed by atoms with Crippen molar-refractivity contribution in [1.82, 2.24) is 26.2 Å². The molecule has 3 atom stereocenters. The Hall–Kier alpha value is -2.86. The first-order chi connectivity index (χ1) is 15.2. The van der Waals surface area contributed by atoms with Gasteiger partial charge in [-0.2, -0.15) is 0 Å². The van der Waals surface area contributed by atoms with Crippen molar-refractivity contribution in [2.45, 2.75) is 24.5 Å². The van der Waals surface area contributed by atoms with Crippen molar-refractivity contribution in [3.63, 3.8) is 0 Å². The van der Waals surface area contributed by atoms with Gasteiger partial charge in [-0.05, 0) is 12.1 Å². The van der Waals surface area contributed by atoms with Gasteiger partial charge in [0.25, 0.3) is 0 Å². The van der Waals surface area contributed by atoms with Gasteiger partial charge < -0.3 is 14.4 Å². The van der Waals surface area contributed by atoms with E-state index in [1.807, 2.05) is 0 Å². The number of hydrogen-bond acceptors (Lipinski definition) is 9. The van der Waals surface area contributed by atoms with Crippen LogP contribution < -0.4 is 30.9 Å². The number of rotatable bonds is 4. The maximum absolute atomic E-state index is 14.6. The monoisotopic (exact) mass is 429 g/mol. The summed E-state index contributed by atoms with van der Waals surface area (Å²) in [5.41, 5.74) is 10.5. The number of carbonyl (C=O) groups is 1. The van der Waals surface area contributed by atoms with E-state index in [0.717, 1.165) is 18.7 Å². The van der Waals surface area contributed by atoms with Gasteiger partial charge in [0.1, 0.15) is 11.4 Å². The normalized spacial score (nSPS) is 26.1. The number of nitrogens with zero attached hydrogens (tertiary/aromatic N) is 4. The Labute approximate surface area is 178 Å². The van der Waals surface area contributed by atoms with E-state index in [-0.39, 0.29) is 41.9 Å². The molecule has 3 aliphatic heterocycles. The maximum Gasteiger partial charge on any atom is 0.243 e. The van der Waals surface area contributed by atoms with Gasteiger partial charge in [-0.3, -0.25) is 10.2 Å². The van der Waals surface area contributed by atoms with Crippen LogP contribution in [0.3, 0.4) is 0 Å². The van der Waals surface area contributed by atoms with E-state index in [9.17, 15) is 9.18 Å². The molecule has 0 radical (unpaired) electrons. The third kappa shape index (κ3) is 3.69. The summed E-state index contributed by atoms with van der Waals surface area (Å²) in [5.74, 6) is 0.165. The number of fused-ring (bicyclic) bond motifs is 1. The van der Waals surface area contributed by atoms with Gasteiger partial charge in [0.15, 0.2) is 5.82 Å². The van der Waals surface area contributed by atoms with Gasteiger partial charge in [-0.1, -0.05) is 6.07 Å². The summed E-state index contributed by atoms with van der Waals surface area (Å²) in [6.45, 7) is 2.85. The Morgan fingerprint density at radius 2 is 1.97 bits per heavy atom. The third-order valence-corrected chi connectivity index (χ3v) is 5.84. The van der Waals surface area contributed by atoms with E-state index in [1.54, 1.807) is 24.5 Å². The summed E-state index contributed by atoms with van der Waals surface area (Å²) >= 11 is 0. The van der Waals surface area contributed by atoms with Crippen molar-refractivity contribution >= 4 is 17.5 Å². The lowest BCUT2D eigenvalue weighted by molar-refractivity contribution is -0.121. The number of carbonyl (C=O) groups excluding carboxylic acids is 1. The number of halogens is 1. The molecule has 1 aromatic heterocycles. The summed E-state index contributed by atoms with van der Waals surface area (Å²) in [6.07, 6.45) is 3.77. The highest BCUT2D eigenvalue weighted by Gasteiger charge is 2.45. The summed E-state index contributed by atoms with van der Waals surface area (Å²) in [6, 6.07) is 3.88. The first-order valence-corrected chi connectivity index (χ1v) is 10.2. The fourth-order valence-electron chi connectivity index (χ4n) is 4.23. The lowest BCUT2D eigenvalue weighted by Gasteiger charge is -2.37. The number of nitrogens with one attached hydrogen (secondary N) is 3. The molecule has 3 N–H and O–H groups in total. The highest BCUT2D eigenvalue weighted by atomic mass is 19.1. The first-order valence-electron chi connectivity index (χ1n) is 10.2. The molecule has 164 valence electrons. The topological polar surface area (TPSA) is 104 Å². The van der Waals surface area contributed by atoms with Crippen LogP contribution in [-0.2, 0) is 9.53 Å². The minimum absolute atomic E-state index is 0.0815. The Morgan fingerprint density at radius 1 is 1.19 bits per heavy atom. The molecule has 4 heterocycles. The van der Waals surface area contributed by atoms with Crippen LogP contribution >= 0.6 is 0 Å². The fourth-order valence-corrected chi connectivity index (χ4v) is 4.23. The van der Waals surface area contributed by atoms with Gasteiger partial charge in [0, 0.05) is 43.5 Å². The quantitative estimate of drug-likeness (QED) is 0.633. The molecule has 3 aliphatic rings. The molecule has 2 aromatic rings. The molecule has 0 spiro atoms. The van der Waals surface area contributed by atoms with E-state index in [0.29, 0.717) is 19.2 Å². The molecular weight excluding hydrogens is 405 g/mol. The van der Waals surface area contributed by atoms with Crippen LogP contribution in [0.4, 0.5) is 16.0 Å². The molecule has 0 saturated carbocycles. The van der Waals surface area contributed by atoms with Gasteiger partial charge >= 0.3 is 0 Å². The third-order valence-electron chi connectivity index (χ3n) is 5.84. The molecule has 0 aliphatic carbocycles. The number of benzene rings is 1. The van der Waals surface area contributed by atoms with Crippen molar-refractivity contribution in [3.8, 4) is 5.75 Å². The number of hydrazine groups is 2. The summed E-state index contributed by atoms with van der Waals surface area (Å²) in [5, 5.41) is 1.25. The zero-order valence-electron chi connectivity index (χ0n) is 17.0. The van der Waals surface area contributed by atoms with Crippen LogP contribution in [-0.4, -0.2) is 61.4 Å². The van der Waals surface area contributed by atoms with Gasteiger partial charge in [0.05, 0.1) is 32.4 Å². The van der Waals surface area contributed by atoms with Crippen LogP contribution in [0, 0.1) is 5.82 Å². The average molecular weight is 429 g/mol. The van der Waals surface area contributed by atoms with Crippen molar-refractivity contribution in [2.24, 2.45) is 0 Å². The van der Waals surface area contributed by atoms with Crippen molar-refractivity contribution in [2.75, 3.05) is 43.3 Å². The summed E-state index contributed by atoms with van der Waals surface area (Å²) in [4.78, 5) is 23.9. The number of morpholine rings is 1. The largest absolute Gasteiger partial charge is 0.494 e. The van der Waals surface area contributed by atoms with Crippen molar-refractivity contribution in [1.29, 1.82) is 0 Å². The summed E-state index contributed by atoms with van der Waals surface area (Å²) in [7, 11) is 1.45. The molecule has 11 heteroatoms. The summed E-state index contributed by atoms with van der Waals surface area (Å²) < 4.78 is 25.3. The lowest BCUT2D eigenvalue weighted by Crippen LogP contribution is -2.60. The van der Waals surface area contributed by atoms with Crippen LogP contribution in [0.25, 0.3) is 0 Å². The molecule has 0 bridgehead atoms. The average Bonchev–Trinajstić information content (AvgIpc) is 3.21. The molecular formula is C20H24FN7O3. The van der Waals surface area contributed by atoms with Crippen LogP contribution in [0.1, 0.15) is 18.0 Å². The van der Waals surface area contributed by atoms with Gasteiger partial charge in [-0.15, -0.1) is 0 Å². The number of methoxy groups -OCH3 is 1. The predicted molar refractivity (Wildman–Crippen MR) is 110 cm³/mol. The second-order valence-corrected chi connectivity index (χ2v) is 7.67. The number of para-hydroxylation sites is 1. The molecule has 3 fully saturated rings. The van der Waals surface area contributed by atoms with E-state index in [4.69, 9.17) is 9.47 Å². The van der Waals surface area contributed by atoms with Crippen molar-refractivity contribution in [3.05, 3.63) is 42.0 Å². The zero-order valence-corrected chi connectivity index (χ0v) is 17.0. The Kier molecular flexibility index (Phi) is 5.40. The predicted octanol–water partition coefficient (Wildman–Crippen LogP) is 0.289.